The molecular weight excluding hydrogens is 294 g/mol. The van der Waals surface area contributed by atoms with E-state index >= 15 is 0 Å². The van der Waals surface area contributed by atoms with Gasteiger partial charge in [0.2, 0.25) is 0 Å². The standard InChI is InChI=1S/C18H25NO4/c1-4-14(3)18(16(20)22-5-2)11-12-19(18)17(21)23-13-15-9-7-6-8-10-15/h6-10,14H,4-5,11-13H2,1-3H3/t14?,18-/m0/s1. The van der Waals surface area contributed by atoms with Crippen LogP contribution in [-0.2, 0) is 20.9 Å². The summed E-state index contributed by atoms with van der Waals surface area (Å²) < 4.78 is 10.6. The Balaban J connectivity index is 2.07. The maximum Gasteiger partial charge on any atom is 0.411 e. The molecule has 5 nitrogen and oxygen atoms in total. The lowest BCUT2D eigenvalue weighted by Crippen LogP contribution is -2.70. The first-order valence-corrected chi connectivity index (χ1v) is 8.21. The Morgan fingerprint density at radius 3 is 2.43 bits per heavy atom. The van der Waals surface area contributed by atoms with Gasteiger partial charge >= 0.3 is 12.1 Å². The summed E-state index contributed by atoms with van der Waals surface area (Å²) >= 11 is 0. The van der Waals surface area contributed by atoms with Gasteiger partial charge < -0.3 is 9.47 Å². The third kappa shape index (κ3) is 3.33. The topological polar surface area (TPSA) is 55.8 Å². The number of carbonyl (C=O) groups is 2. The van der Waals surface area contributed by atoms with Gasteiger partial charge in [0, 0.05) is 6.54 Å². The largest absolute Gasteiger partial charge is 0.464 e. The average Bonchev–Trinajstić information content (AvgIpc) is 2.53. The molecule has 1 saturated heterocycles. The predicted molar refractivity (Wildman–Crippen MR) is 86.8 cm³/mol. The summed E-state index contributed by atoms with van der Waals surface area (Å²) in [5.41, 5.74) is 0.0464. The lowest BCUT2D eigenvalue weighted by Gasteiger charge is -2.52. The highest BCUT2D eigenvalue weighted by atomic mass is 16.6. The van der Waals surface area contributed by atoms with E-state index < -0.39 is 11.6 Å². The Bertz CT molecular complexity index is 545. The summed E-state index contributed by atoms with van der Waals surface area (Å²) in [5, 5.41) is 0. The molecule has 5 heteroatoms. The molecule has 0 aliphatic carbocycles. The number of esters is 1. The van der Waals surface area contributed by atoms with Gasteiger partial charge in [-0.05, 0) is 24.8 Å². The van der Waals surface area contributed by atoms with Crippen LogP contribution in [0.2, 0.25) is 0 Å². The first-order valence-electron chi connectivity index (χ1n) is 8.21. The van der Waals surface area contributed by atoms with Crippen molar-refractivity contribution in [1.82, 2.24) is 4.90 Å². The molecule has 1 amide bonds. The molecule has 1 fully saturated rings. The van der Waals surface area contributed by atoms with Gasteiger partial charge in [-0.1, -0.05) is 50.6 Å². The fourth-order valence-electron chi connectivity index (χ4n) is 3.04. The molecule has 1 aliphatic heterocycles. The van der Waals surface area contributed by atoms with Gasteiger partial charge in [-0.25, -0.2) is 9.59 Å². The van der Waals surface area contributed by atoms with E-state index in [4.69, 9.17) is 9.47 Å². The molecule has 126 valence electrons. The quantitative estimate of drug-likeness (QED) is 0.754. The molecule has 2 rings (SSSR count). The summed E-state index contributed by atoms with van der Waals surface area (Å²) in [4.78, 5) is 26.4. The lowest BCUT2D eigenvalue weighted by atomic mass is 9.73. The van der Waals surface area contributed by atoms with Gasteiger partial charge in [0.15, 0.2) is 0 Å². The molecule has 0 aromatic heterocycles. The summed E-state index contributed by atoms with van der Waals surface area (Å²) in [7, 11) is 0. The van der Waals surface area contributed by atoms with Gasteiger partial charge in [-0.2, -0.15) is 0 Å². The van der Waals surface area contributed by atoms with Crippen LogP contribution in [-0.4, -0.2) is 35.7 Å². The van der Waals surface area contributed by atoms with Crippen molar-refractivity contribution in [2.75, 3.05) is 13.2 Å². The van der Waals surface area contributed by atoms with E-state index in [0.717, 1.165) is 12.0 Å². The van der Waals surface area contributed by atoms with Crippen molar-refractivity contribution in [3.8, 4) is 0 Å². The second-order valence-electron chi connectivity index (χ2n) is 5.90. The van der Waals surface area contributed by atoms with Crippen molar-refractivity contribution >= 4 is 12.1 Å². The van der Waals surface area contributed by atoms with Crippen molar-refractivity contribution in [2.45, 2.75) is 45.8 Å². The predicted octanol–water partition coefficient (Wildman–Crippen LogP) is 3.38. The van der Waals surface area contributed by atoms with E-state index in [9.17, 15) is 9.59 Å². The molecule has 1 heterocycles. The number of likely N-dealkylation sites (tertiary alicyclic amines) is 1. The summed E-state index contributed by atoms with van der Waals surface area (Å²) in [6.45, 7) is 6.81. The highest BCUT2D eigenvalue weighted by Gasteiger charge is 2.58. The smallest absolute Gasteiger partial charge is 0.411 e. The van der Waals surface area contributed by atoms with E-state index in [1.807, 2.05) is 44.2 Å². The maximum atomic E-state index is 12.5. The average molecular weight is 319 g/mol. The van der Waals surface area contributed by atoms with E-state index in [1.54, 1.807) is 6.92 Å². The fourth-order valence-corrected chi connectivity index (χ4v) is 3.04. The second-order valence-corrected chi connectivity index (χ2v) is 5.90. The zero-order valence-electron chi connectivity index (χ0n) is 14.1. The number of benzene rings is 1. The van der Waals surface area contributed by atoms with Crippen molar-refractivity contribution in [3.63, 3.8) is 0 Å². The first-order chi connectivity index (χ1) is 11.1. The minimum absolute atomic E-state index is 0.0274. The third-order valence-corrected chi connectivity index (χ3v) is 4.68. The minimum Gasteiger partial charge on any atom is -0.464 e. The number of amides is 1. The Hall–Kier alpha value is -2.04. The normalized spacial score (nSPS) is 21.3. The molecule has 0 radical (unpaired) electrons. The third-order valence-electron chi connectivity index (χ3n) is 4.68. The minimum atomic E-state index is -0.876. The second kappa shape index (κ2) is 7.49. The molecule has 1 aromatic carbocycles. The SMILES string of the molecule is CCOC(=O)[C@@]1(C(C)CC)CCN1C(=O)OCc1ccccc1. The van der Waals surface area contributed by atoms with Crippen LogP contribution in [0.4, 0.5) is 4.79 Å². The number of carbonyl (C=O) groups excluding carboxylic acids is 2. The Morgan fingerprint density at radius 2 is 1.91 bits per heavy atom. The molecule has 0 saturated carbocycles. The summed E-state index contributed by atoms with van der Waals surface area (Å²) in [5.74, 6) is -0.295. The molecular formula is C18H25NO4. The zero-order valence-corrected chi connectivity index (χ0v) is 14.1. The highest BCUT2D eigenvalue weighted by Crippen LogP contribution is 2.40. The molecule has 1 unspecified atom stereocenters. The maximum absolute atomic E-state index is 12.5. The molecule has 0 N–H and O–H groups in total. The van der Waals surface area contributed by atoms with Crippen LogP contribution in [0.5, 0.6) is 0 Å². The van der Waals surface area contributed by atoms with Crippen LogP contribution >= 0.6 is 0 Å². The van der Waals surface area contributed by atoms with Crippen LogP contribution in [0.1, 0.15) is 39.2 Å². The van der Waals surface area contributed by atoms with Crippen LogP contribution in [0.3, 0.4) is 0 Å². The van der Waals surface area contributed by atoms with Crippen molar-refractivity contribution in [1.29, 1.82) is 0 Å². The van der Waals surface area contributed by atoms with E-state index in [2.05, 4.69) is 0 Å². The molecule has 0 spiro atoms. The van der Waals surface area contributed by atoms with Crippen LogP contribution in [0.25, 0.3) is 0 Å². The molecule has 1 aromatic rings. The van der Waals surface area contributed by atoms with Crippen molar-refractivity contribution in [3.05, 3.63) is 35.9 Å². The fraction of sp³-hybridized carbons (Fsp3) is 0.556. The summed E-state index contributed by atoms with van der Waals surface area (Å²) in [6, 6.07) is 9.51. The monoisotopic (exact) mass is 319 g/mol. The van der Waals surface area contributed by atoms with Crippen molar-refractivity contribution in [2.24, 2.45) is 5.92 Å². The Kier molecular flexibility index (Phi) is 5.64. The highest BCUT2D eigenvalue weighted by molar-refractivity contribution is 5.88. The van der Waals surface area contributed by atoms with Gasteiger partial charge in [0.05, 0.1) is 6.61 Å². The van der Waals surface area contributed by atoms with Gasteiger partial charge in [0.25, 0.3) is 0 Å². The van der Waals surface area contributed by atoms with E-state index in [1.165, 1.54) is 4.90 Å². The van der Waals surface area contributed by atoms with Crippen molar-refractivity contribution < 1.29 is 19.1 Å². The number of ether oxygens (including phenoxy) is 2. The number of hydrogen-bond donors (Lipinski definition) is 0. The zero-order chi connectivity index (χ0) is 16.9. The van der Waals surface area contributed by atoms with E-state index in [-0.39, 0.29) is 18.5 Å². The van der Waals surface area contributed by atoms with Crippen LogP contribution in [0.15, 0.2) is 30.3 Å². The van der Waals surface area contributed by atoms with Gasteiger partial charge in [-0.3, -0.25) is 4.90 Å². The molecule has 1 aliphatic rings. The van der Waals surface area contributed by atoms with Gasteiger partial charge in [-0.15, -0.1) is 0 Å². The number of nitrogens with zero attached hydrogens (tertiary/aromatic N) is 1. The van der Waals surface area contributed by atoms with Gasteiger partial charge in [0.1, 0.15) is 12.1 Å². The molecule has 2 atom stereocenters. The van der Waals surface area contributed by atoms with E-state index in [0.29, 0.717) is 19.6 Å². The Morgan fingerprint density at radius 1 is 1.22 bits per heavy atom. The first kappa shape index (κ1) is 17.3. The summed E-state index contributed by atoms with van der Waals surface area (Å²) in [6.07, 6.45) is 0.969. The number of rotatable bonds is 6. The lowest BCUT2D eigenvalue weighted by molar-refractivity contribution is -0.171. The van der Waals surface area contributed by atoms with Crippen LogP contribution in [0, 0.1) is 5.92 Å². The molecule has 23 heavy (non-hydrogen) atoms. The van der Waals surface area contributed by atoms with Crippen LogP contribution < -0.4 is 0 Å². The Labute approximate surface area is 137 Å². The molecule has 0 bridgehead atoms. The number of hydrogen-bond acceptors (Lipinski definition) is 4.